The Labute approximate surface area is 195 Å². The quantitative estimate of drug-likeness (QED) is 0.311. The van der Waals surface area contributed by atoms with Crippen LogP contribution < -0.4 is 4.74 Å². The van der Waals surface area contributed by atoms with Gasteiger partial charge in [-0.05, 0) is 82.8 Å². The standard InChI is InChI=1S/C28H26O4S/c1-28(2,3)22-8-16-26(17-9-22)33(30,31)27-18-14-25(15-19-27)32-24-12-6-21(7-13-24)20-4-10-23(29)11-5-20/h4-19,29H,1-3H3/p+1. The van der Waals surface area contributed by atoms with Crippen molar-refractivity contribution >= 4 is 9.84 Å². The average Bonchev–Trinajstić information content (AvgIpc) is 2.80. The molecule has 0 saturated carbocycles. The molecule has 0 atom stereocenters. The molecule has 0 radical (unpaired) electrons. The summed E-state index contributed by atoms with van der Waals surface area (Å²) in [6.07, 6.45) is 0. The number of ether oxygens (including phenoxy) is 1. The lowest BCUT2D eigenvalue weighted by Crippen LogP contribution is -2.11. The number of rotatable bonds is 5. The smallest absolute Gasteiger partial charge is 0.253 e. The molecule has 2 N–H and O–H groups in total. The molecule has 0 aromatic heterocycles. The van der Waals surface area contributed by atoms with E-state index in [-0.39, 0.29) is 15.2 Å². The molecule has 0 fully saturated rings. The van der Waals surface area contributed by atoms with Crippen LogP contribution in [-0.4, -0.2) is 13.5 Å². The van der Waals surface area contributed by atoms with Crippen molar-refractivity contribution in [2.45, 2.75) is 36.0 Å². The van der Waals surface area contributed by atoms with Crippen LogP contribution in [-0.2, 0) is 15.3 Å². The molecule has 168 valence electrons. The van der Waals surface area contributed by atoms with Crippen molar-refractivity contribution in [1.29, 1.82) is 0 Å². The minimum atomic E-state index is -3.60. The molecule has 0 bridgehead atoms. The first-order chi connectivity index (χ1) is 15.6. The number of hydrogen-bond donors (Lipinski definition) is 0. The van der Waals surface area contributed by atoms with E-state index in [2.05, 4.69) is 20.8 Å². The van der Waals surface area contributed by atoms with Crippen molar-refractivity contribution < 1.29 is 18.3 Å². The molecule has 4 nitrogen and oxygen atoms in total. The van der Waals surface area contributed by atoms with Gasteiger partial charge in [0, 0.05) is 12.1 Å². The van der Waals surface area contributed by atoms with Crippen LogP contribution >= 0.6 is 0 Å². The summed E-state index contributed by atoms with van der Waals surface area (Å²) < 4.78 is 31.9. The molecule has 5 heteroatoms. The van der Waals surface area contributed by atoms with Gasteiger partial charge < -0.3 is 9.84 Å². The summed E-state index contributed by atoms with van der Waals surface area (Å²) >= 11 is 0. The fourth-order valence-corrected chi connectivity index (χ4v) is 4.73. The van der Waals surface area contributed by atoms with E-state index in [1.807, 2.05) is 48.5 Å². The fraction of sp³-hybridized carbons (Fsp3) is 0.143. The third-order valence-electron chi connectivity index (χ3n) is 5.47. The minimum absolute atomic E-state index is 0.0357. The van der Waals surface area contributed by atoms with Gasteiger partial charge in [0.05, 0.1) is 9.79 Å². The maximum Gasteiger partial charge on any atom is 0.253 e. The highest BCUT2D eigenvalue weighted by Gasteiger charge is 2.20. The third-order valence-corrected chi connectivity index (χ3v) is 7.26. The van der Waals surface area contributed by atoms with Crippen LogP contribution in [0.3, 0.4) is 0 Å². The highest BCUT2D eigenvalue weighted by molar-refractivity contribution is 7.91. The zero-order valence-corrected chi connectivity index (χ0v) is 19.7. The van der Waals surface area contributed by atoms with Crippen molar-refractivity contribution in [3.8, 4) is 28.4 Å². The fourth-order valence-electron chi connectivity index (χ4n) is 3.47. The second-order valence-electron chi connectivity index (χ2n) is 8.95. The molecule has 0 aliphatic rings. The van der Waals surface area contributed by atoms with Gasteiger partial charge in [0.2, 0.25) is 9.84 Å². The summed E-state index contributed by atoms with van der Waals surface area (Å²) in [4.78, 5) is 0.504. The van der Waals surface area contributed by atoms with Crippen LogP contribution in [0.4, 0.5) is 0 Å². The summed E-state index contributed by atoms with van der Waals surface area (Å²) in [6, 6.07) is 28.5. The van der Waals surface area contributed by atoms with Crippen LogP contribution in [0.1, 0.15) is 26.3 Å². The van der Waals surface area contributed by atoms with Gasteiger partial charge in [-0.15, -0.1) is 0 Å². The molecular weight excluding hydrogens is 432 g/mol. The topological polar surface area (TPSA) is 66.3 Å². The lowest BCUT2D eigenvalue weighted by Gasteiger charge is -2.19. The Morgan fingerprint density at radius 1 is 0.606 bits per heavy atom. The molecule has 4 aromatic carbocycles. The molecule has 0 spiro atoms. The van der Waals surface area contributed by atoms with Crippen LogP contribution in [0.5, 0.6) is 17.2 Å². The van der Waals surface area contributed by atoms with Gasteiger partial charge in [0.25, 0.3) is 5.75 Å². The van der Waals surface area contributed by atoms with Crippen LogP contribution in [0.15, 0.2) is 107 Å². The zero-order chi connectivity index (χ0) is 23.6. The van der Waals surface area contributed by atoms with Crippen molar-refractivity contribution in [1.82, 2.24) is 0 Å². The Bertz CT molecular complexity index is 1330. The van der Waals surface area contributed by atoms with Gasteiger partial charge >= 0.3 is 0 Å². The van der Waals surface area contributed by atoms with E-state index < -0.39 is 9.84 Å². The Kier molecular flexibility index (Phi) is 6.00. The molecule has 4 aromatic rings. The van der Waals surface area contributed by atoms with E-state index in [0.717, 1.165) is 16.7 Å². The van der Waals surface area contributed by atoms with Crippen molar-refractivity contribution in [2.24, 2.45) is 0 Å². The predicted octanol–water partition coefficient (Wildman–Crippen LogP) is 6.71. The van der Waals surface area contributed by atoms with Gasteiger partial charge in [-0.1, -0.05) is 45.0 Å². The highest BCUT2D eigenvalue weighted by Crippen LogP contribution is 2.30. The Morgan fingerprint density at radius 2 is 1.00 bits per heavy atom. The number of benzene rings is 4. The van der Waals surface area contributed by atoms with E-state index >= 15 is 0 Å². The molecule has 0 amide bonds. The van der Waals surface area contributed by atoms with Crippen molar-refractivity contribution in [3.05, 3.63) is 103 Å². The predicted molar refractivity (Wildman–Crippen MR) is 132 cm³/mol. The summed E-state index contributed by atoms with van der Waals surface area (Å²) in [6.45, 7) is 6.29. The normalized spacial score (nSPS) is 11.8. The van der Waals surface area contributed by atoms with Crippen LogP contribution in [0, 0.1) is 0 Å². The Morgan fingerprint density at radius 3 is 1.45 bits per heavy atom. The lowest BCUT2D eigenvalue weighted by atomic mass is 9.87. The Hall–Kier alpha value is -3.57. The lowest BCUT2D eigenvalue weighted by molar-refractivity contribution is 0.475. The van der Waals surface area contributed by atoms with Gasteiger partial charge in [-0.3, -0.25) is 0 Å². The molecule has 0 saturated heterocycles. The van der Waals surface area contributed by atoms with E-state index in [0.29, 0.717) is 17.2 Å². The number of hydrogen-bond acceptors (Lipinski definition) is 3. The maximum atomic E-state index is 13.0. The first-order valence-electron chi connectivity index (χ1n) is 10.7. The summed E-state index contributed by atoms with van der Waals surface area (Å²) in [5.74, 6) is 1.69. The molecule has 0 aliphatic heterocycles. The SMILES string of the molecule is CC(C)(C)c1ccc(S(=O)(=O)c2ccc(Oc3ccc(-c4ccc([OH2+])cc4)cc3)cc2)cc1. The molecule has 0 aliphatic carbocycles. The monoisotopic (exact) mass is 459 g/mol. The second kappa shape index (κ2) is 8.75. The van der Waals surface area contributed by atoms with Crippen molar-refractivity contribution in [3.63, 3.8) is 0 Å². The van der Waals surface area contributed by atoms with E-state index in [4.69, 9.17) is 9.84 Å². The van der Waals surface area contributed by atoms with E-state index in [1.165, 1.54) is 0 Å². The molecule has 0 heterocycles. The summed E-state index contributed by atoms with van der Waals surface area (Å²) in [5, 5.41) is 7.59. The van der Waals surface area contributed by atoms with Crippen LogP contribution in [0.25, 0.3) is 11.1 Å². The highest BCUT2D eigenvalue weighted by atomic mass is 32.2. The second-order valence-corrected chi connectivity index (χ2v) is 10.9. The van der Waals surface area contributed by atoms with Crippen molar-refractivity contribution in [2.75, 3.05) is 0 Å². The minimum Gasteiger partial charge on any atom is -0.593 e. The first-order valence-corrected chi connectivity index (χ1v) is 12.2. The summed E-state index contributed by atoms with van der Waals surface area (Å²) in [5.41, 5.74) is 3.11. The van der Waals surface area contributed by atoms with E-state index in [9.17, 15) is 8.42 Å². The molecule has 4 rings (SSSR count). The van der Waals surface area contributed by atoms with Crippen LogP contribution in [0.2, 0.25) is 0 Å². The van der Waals surface area contributed by atoms with E-state index in [1.54, 1.807) is 48.5 Å². The average molecular weight is 460 g/mol. The zero-order valence-electron chi connectivity index (χ0n) is 18.9. The molecule has 0 unspecified atom stereocenters. The van der Waals surface area contributed by atoms with Gasteiger partial charge in [0.1, 0.15) is 11.5 Å². The summed E-state index contributed by atoms with van der Waals surface area (Å²) in [7, 11) is -3.60. The Balaban J connectivity index is 1.48. The largest absolute Gasteiger partial charge is 0.593 e. The third kappa shape index (κ3) is 5.10. The maximum absolute atomic E-state index is 13.0. The van der Waals surface area contributed by atoms with Gasteiger partial charge in [-0.2, -0.15) is 0 Å². The van der Waals surface area contributed by atoms with Gasteiger partial charge in [0.15, 0.2) is 0 Å². The first kappa shape index (κ1) is 22.6. The van der Waals surface area contributed by atoms with Gasteiger partial charge in [-0.25, -0.2) is 8.42 Å². The number of sulfone groups is 1. The molecular formula is C28H27O4S+. The molecule has 33 heavy (non-hydrogen) atoms.